The van der Waals surface area contributed by atoms with Crippen LogP contribution in [0, 0.1) is 0 Å². The Hall–Kier alpha value is -4.09. The summed E-state index contributed by atoms with van der Waals surface area (Å²) in [7, 11) is 0. The molecule has 0 saturated heterocycles. The maximum atomic E-state index is 12.9. The van der Waals surface area contributed by atoms with Crippen LogP contribution in [-0.2, 0) is 16.0 Å². The molecular weight excluding hydrogens is 440 g/mol. The van der Waals surface area contributed by atoms with E-state index < -0.39 is 42.0 Å². The monoisotopic (exact) mass is 464 g/mol. The number of aliphatic hydroxyl groups excluding tert-OH is 2. The molecule has 11 heteroatoms. The van der Waals surface area contributed by atoms with Crippen molar-refractivity contribution in [2.45, 2.75) is 37.1 Å². The van der Waals surface area contributed by atoms with E-state index >= 15 is 0 Å². The number of nitrogens with two attached hydrogens (primary N) is 1. The fraction of sp³-hybridized carbons (Fsp3) is 0.261. The lowest BCUT2D eigenvalue weighted by Crippen LogP contribution is -2.52. The Bertz CT molecular complexity index is 1240. The summed E-state index contributed by atoms with van der Waals surface area (Å²) in [5.74, 6) is -1.98. The van der Waals surface area contributed by atoms with Crippen LogP contribution in [0.15, 0.2) is 60.7 Å². The third-order valence-corrected chi connectivity index (χ3v) is 5.70. The average molecular weight is 464 g/mol. The van der Waals surface area contributed by atoms with Gasteiger partial charge in [0.05, 0.1) is 18.3 Å². The first kappa shape index (κ1) is 23.1. The lowest BCUT2D eigenvalue weighted by molar-refractivity contribution is -0.125. The maximum absolute atomic E-state index is 12.9. The van der Waals surface area contributed by atoms with Crippen LogP contribution in [-0.4, -0.2) is 67.2 Å². The first-order valence-corrected chi connectivity index (χ1v) is 10.6. The Balaban J connectivity index is 1.49. The van der Waals surface area contributed by atoms with Crippen LogP contribution in [0.5, 0.6) is 0 Å². The molecule has 0 radical (unpaired) electrons. The molecule has 1 aromatic carbocycles. The van der Waals surface area contributed by atoms with Gasteiger partial charge in [0.25, 0.3) is 5.91 Å². The molecule has 7 N–H and O–H groups in total. The normalized spacial score (nSPS) is 20.9. The quantitative estimate of drug-likeness (QED) is 0.268. The first-order chi connectivity index (χ1) is 16.3. The van der Waals surface area contributed by atoms with Gasteiger partial charge in [-0.2, -0.15) is 0 Å². The van der Waals surface area contributed by atoms with E-state index in [0.29, 0.717) is 0 Å². The third-order valence-electron chi connectivity index (χ3n) is 5.70. The molecule has 0 spiro atoms. The average Bonchev–Trinajstić information content (AvgIpc) is 3.24. The highest BCUT2D eigenvalue weighted by Crippen LogP contribution is 2.22. The van der Waals surface area contributed by atoms with E-state index in [2.05, 4.69) is 25.6 Å². The number of benzene rings is 1. The van der Waals surface area contributed by atoms with Gasteiger partial charge in [-0.15, -0.1) is 0 Å². The van der Waals surface area contributed by atoms with Crippen molar-refractivity contribution >= 4 is 28.6 Å². The van der Waals surface area contributed by atoms with Crippen LogP contribution in [0.4, 0.5) is 0 Å². The van der Waals surface area contributed by atoms with Crippen LogP contribution in [0.2, 0.25) is 0 Å². The highest BCUT2D eigenvalue weighted by molar-refractivity contribution is 5.98. The second kappa shape index (κ2) is 9.81. The van der Waals surface area contributed by atoms with Crippen molar-refractivity contribution in [1.82, 2.24) is 25.6 Å². The van der Waals surface area contributed by atoms with Crippen molar-refractivity contribution in [3.63, 3.8) is 0 Å². The molecule has 0 fully saturated rings. The van der Waals surface area contributed by atoms with Gasteiger partial charge in [0.2, 0.25) is 11.8 Å². The zero-order chi connectivity index (χ0) is 24.2. The summed E-state index contributed by atoms with van der Waals surface area (Å²) in [5.41, 5.74) is 7.36. The zero-order valence-electron chi connectivity index (χ0n) is 18.0. The Morgan fingerprint density at radius 1 is 1.18 bits per heavy atom. The summed E-state index contributed by atoms with van der Waals surface area (Å²) in [6.45, 7) is 0. The molecule has 3 aromatic rings. The van der Waals surface area contributed by atoms with E-state index in [0.717, 1.165) is 16.5 Å². The van der Waals surface area contributed by atoms with Gasteiger partial charge in [0, 0.05) is 47.9 Å². The molecule has 4 unspecified atom stereocenters. The van der Waals surface area contributed by atoms with E-state index in [9.17, 15) is 24.6 Å². The van der Waals surface area contributed by atoms with E-state index in [1.165, 1.54) is 24.7 Å². The smallest absolute Gasteiger partial charge is 0.272 e. The summed E-state index contributed by atoms with van der Waals surface area (Å²) in [5, 5.41) is 26.6. The van der Waals surface area contributed by atoms with Gasteiger partial charge in [-0.05, 0) is 11.6 Å². The number of hydrogen-bond donors (Lipinski definition) is 6. The lowest BCUT2D eigenvalue weighted by Gasteiger charge is -2.31. The number of primary amides is 1. The molecular formula is C23H24N6O5. The fourth-order valence-electron chi connectivity index (χ4n) is 3.90. The van der Waals surface area contributed by atoms with Gasteiger partial charge >= 0.3 is 0 Å². The third kappa shape index (κ3) is 4.95. The Kier molecular flexibility index (Phi) is 6.66. The molecule has 0 aliphatic heterocycles. The maximum Gasteiger partial charge on any atom is 0.272 e. The highest BCUT2D eigenvalue weighted by Gasteiger charge is 2.35. The van der Waals surface area contributed by atoms with Crippen LogP contribution in [0.25, 0.3) is 10.9 Å². The number of carbonyl (C=O) groups is 3. The number of hydrogen-bond acceptors (Lipinski definition) is 7. The van der Waals surface area contributed by atoms with E-state index in [1.54, 1.807) is 6.20 Å². The summed E-state index contributed by atoms with van der Waals surface area (Å²) in [6.07, 6.45) is 4.46. The Labute approximate surface area is 194 Å². The number of nitrogens with zero attached hydrogens (tertiary/aromatic N) is 2. The standard InChI is InChI=1S/C23H24N6O5/c24-21(32)17(8-13-10-27-15-4-2-1-3-14(13)15)29-22(33)12-7-16(20(31)19(30)9-12)28-23(34)18-11-25-5-6-26-18/h1-7,10-11,16-17,19-20,27,30-31H,8-9H2,(H2,24,32)(H,28,34)(H,29,33). The topological polar surface area (TPSA) is 183 Å². The molecule has 1 aliphatic carbocycles. The minimum atomic E-state index is -1.34. The second-order valence-electron chi connectivity index (χ2n) is 8.04. The molecule has 2 heterocycles. The highest BCUT2D eigenvalue weighted by atomic mass is 16.3. The number of carbonyl (C=O) groups excluding carboxylic acids is 3. The van der Waals surface area contributed by atoms with Crippen LogP contribution < -0.4 is 16.4 Å². The van der Waals surface area contributed by atoms with Crippen LogP contribution in [0.3, 0.4) is 0 Å². The van der Waals surface area contributed by atoms with Gasteiger partial charge in [-0.25, -0.2) is 4.98 Å². The molecule has 11 nitrogen and oxygen atoms in total. The fourth-order valence-corrected chi connectivity index (χ4v) is 3.90. The predicted octanol–water partition coefficient (Wildman–Crippen LogP) is -0.679. The number of aliphatic hydroxyl groups is 2. The summed E-state index contributed by atoms with van der Waals surface area (Å²) >= 11 is 0. The number of aromatic amines is 1. The van der Waals surface area contributed by atoms with Crippen molar-refractivity contribution in [1.29, 1.82) is 0 Å². The number of fused-ring (bicyclic) bond motifs is 1. The van der Waals surface area contributed by atoms with Gasteiger partial charge < -0.3 is 31.6 Å². The largest absolute Gasteiger partial charge is 0.390 e. The van der Waals surface area contributed by atoms with E-state index in [1.807, 2.05) is 24.3 Å². The van der Waals surface area contributed by atoms with Crippen molar-refractivity contribution in [2.75, 3.05) is 0 Å². The zero-order valence-corrected chi connectivity index (χ0v) is 18.0. The molecule has 4 atom stereocenters. The number of rotatable bonds is 7. The van der Waals surface area contributed by atoms with Crippen molar-refractivity contribution in [3.8, 4) is 0 Å². The molecule has 0 bridgehead atoms. The first-order valence-electron chi connectivity index (χ1n) is 10.6. The molecule has 34 heavy (non-hydrogen) atoms. The number of amides is 3. The summed E-state index contributed by atoms with van der Waals surface area (Å²) in [4.78, 5) is 48.2. The SMILES string of the molecule is NC(=O)C(Cc1c[nH]c2ccccc12)NC(=O)C1=CC(NC(=O)c2cnccn2)C(O)C(O)C1. The van der Waals surface area contributed by atoms with Crippen molar-refractivity contribution in [2.24, 2.45) is 5.73 Å². The van der Waals surface area contributed by atoms with E-state index in [-0.39, 0.29) is 24.1 Å². The number of aromatic nitrogens is 3. The summed E-state index contributed by atoms with van der Waals surface area (Å²) in [6, 6.07) is 5.47. The van der Waals surface area contributed by atoms with Gasteiger partial charge in [-0.1, -0.05) is 24.3 Å². The predicted molar refractivity (Wildman–Crippen MR) is 121 cm³/mol. The van der Waals surface area contributed by atoms with Gasteiger partial charge in [0.1, 0.15) is 17.8 Å². The summed E-state index contributed by atoms with van der Waals surface area (Å²) < 4.78 is 0. The lowest BCUT2D eigenvalue weighted by atomic mass is 9.89. The Morgan fingerprint density at radius 3 is 2.71 bits per heavy atom. The molecule has 0 saturated carbocycles. The van der Waals surface area contributed by atoms with Gasteiger partial charge in [-0.3, -0.25) is 19.4 Å². The number of H-pyrrole nitrogens is 1. The molecule has 4 rings (SSSR count). The second-order valence-corrected chi connectivity index (χ2v) is 8.04. The van der Waals surface area contributed by atoms with Crippen molar-refractivity contribution < 1.29 is 24.6 Å². The molecule has 1 aliphatic rings. The Morgan fingerprint density at radius 2 is 1.97 bits per heavy atom. The molecule has 2 aromatic heterocycles. The molecule has 3 amide bonds. The minimum absolute atomic E-state index is 0.0155. The number of para-hydroxylation sites is 1. The minimum Gasteiger partial charge on any atom is -0.390 e. The van der Waals surface area contributed by atoms with Crippen LogP contribution >= 0.6 is 0 Å². The van der Waals surface area contributed by atoms with E-state index in [4.69, 9.17) is 5.73 Å². The van der Waals surface area contributed by atoms with Crippen LogP contribution in [0.1, 0.15) is 22.5 Å². The molecule has 176 valence electrons. The van der Waals surface area contributed by atoms with Gasteiger partial charge in [0.15, 0.2) is 0 Å². The number of nitrogens with one attached hydrogen (secondary N) is 3. The van der Waals surface area contributed by atoms with Crippen molar-refractivity contribution in [3.05, 3.63) is 72.0 Å².